The van der Waals surface area contributed by atoms with Crippen LogP contribution in [0.1, 0.15) is 71.1 Å². The maximum Gasteiger partial charge on any atom is 0.332 e. The van der Waals surface area contributed by atoms with Crippen molar-refractivity contribution in [3.05, 3.63) is 11.5 Å². The third-order valence-corrected chi connectivity index (χ3v) is 6.29. The first-order chi connectivity index (χ1) is 12.5. The molecular weight excluding hydrogens is 332 g/mol. The molecule has 3 aliphatic rings. The van der Waals surface area contributed by atoms with Crippen molar-refractivity contribution in [1.82, 2.24) is 9.80 Å². The number of hydrogen-bond acceptors (Lipinski definition) is 4. The quantitative estimate of drug-likeness (QED) is 0.324. The number of aldehydes is 1. The number of carbonyl (C=O) groups excluding carboxylic acids is 3. The van der Waals surface area contributed by atoms with Gasteiger partial charge in [-0.25, -0.2) is 4.79 Å². The van der Waals surface area contributed by atoms with E-state index in [9.17, 15) is 14.4 Å². The van der Waals surface area contributed by atoms with E-state index in [0.717, 1.165) is 57.8 Å². The number of carbonyl (C=O) groups is 3. The molecule has 0 atom stereocenters. The van der Waals surface area contributed by atoms with Crippen molar-refractivity contribution < 1.29 is 19.1 Å². The first-order valence-corrected chi connectivity index (χ1v) is 9.91. The van der Waals surface area contributed by atoms with Crippen molar-refractivity contribution in [3.63, 3.8) is 0 Å². The molecule has 3 fully saturated rings. The van der Waals surface area contributed by atoms with Crippen LogP contribution in [0.15, 0.2) is 11.5 Å². The predicted octanol–water partition coefficient (Wildman–Crippen LogP) is 3.61. The van der Waals surface area contributed by atoms with E-state index in [4.69, 9.17) is 4.74 Å². The zero-order chi connectivity index (χ0) is 18.7. The molecule has 0 aromatic rings. The molecule has 1 heterocycles. The molecule has 144 valence electrons. The van der Waals surface area contributed by atoms with Crippen LogP contribution in [0.4, 0.5) is 4.79 Å². The van der Waals surface area contributed by atoms with Gasteiger partial charge in [-0.1, -0.05) is 38.5 Å². The number of imide groups is 1. The van der Waals surface area contributed by atoms with Gasteiger partial charge in [-0.2, -0.15) is 0 Å². The zero-order valence-electron chi connectivity index (χ0n) is 16.0. The third-order valence-electron chi connectivity index (χ3n) is 6.29. The second kappa shape index (κ2) is 7.80. The fraction of sp³-hybridized carbons (Fsp3) is 0.750. The second-order valence-electron chi connectivity index (χ2n) is 8.13. The molecule has 0 bridgehead atoms. The van der Waals surface area contributed by atoms with Crippen LogP contribution in [0.5, 0.6) is 0 Å². The van der Waals surface area contributed by atoms with Gasteiger partial charge in [-0.15, -0.1) is 0 Å². The van der Waals surface area contributed by atoms with E-state index in [1.165, 1.54) is 18.4 Å². The summed E-state index contributed by atoms with van der Waals surface area (Å²) < 4.78 is 5.18. The van der Waals surface area contributed by atoms with Gasteiger partial charge >= 0.3 is 6.03 Å². The van der Waals surface area contributed by atoms with Crippen LogP contribution in [0, 0.1) is 5.92 Å². The molecule has 1 aliphatic heterocycles. The summed E-state index contributed by atoms with van der Waals surface area (Å²) in [4.78, 5) is 40.8. The Labute approximate surface area is 155 Å². The van der Waals surface area contributed by atoms with E-state index in [2.05, 4.69) is 0 Å². The van der Waals surface area contributed by atoms with Crippen molar-refractivity contribution in [3.8, 4) is 0 Å². The summed E-state index contributed by atoms with van der Waals surface area (Å²) in [5.74, 6) is -0.0585. The van der Waals surface area contributed by atoms with Gasteiger partial charge in [-0.05, 0) is 38.5 Å². The molecule has 0 N–H and O–H groups in total. The molecule has 0 spiro atoms. The Hall–Kier alpha value is -1.85. The summed E-state index contributed by atoms with van der Waals surface area (Å²) in [7, 11) is 1.37. The lowest BCUT2D eigenvalue weighted by molar-refractivity contribution is -0.124. The van der Waals surface area contributed by atoms with E-state index in [1.807, 2.05) is 6.92 Å². The molecular formula is C20H30N2O4. The van der Waals surface area contributed by atoms with Gasteiger partial charge in [0.05, 0.1) is 7.11 Å². The Morgan fingerprint density at radius 3 is 2.31 bits per heavy atom. The molecule has 1 saturated heterocycles. The van der Waals surface area contributed by atoms with Gasteiger partial charge < -0.3 is 4.74 Å². The fourth-order valence-corrected chi connectivity index (χ4v) is 4.77. The average molecular weight is 362 g/mol. The minimum Gasteiger partial charge on any atom is -0.491 e. The Balaban J connectivity index is 1.94. The number of ether oxygens (including phenoxy) is 1. The van der Waals surface area contributed by atoms with Crippen molar-refractivity contribution >= 4 is 18.2 Å². The van der Waals surface area contributed by atoms with Crippen molar-refractivity contribution in [1.29, 1.82) is 0 Å². The molecule has 26 heavy (non-hydrogen) atoms. The highest BCUT2D eigenvalue weighted by Gasteiger charge is 2.51. The van der Waals surface area contributed by atoms with Gasteiger partial charge in [0.15, 0.2) is 17.7 Å². The van der Waals surface area contributed by atoms with Crippen molar-refractivity contribution in [2.24, 2.45) is 5.92 Å². The highest BCUT2D eigenvalue weighted by molar-refractivity contribution is 6.14. The van der Waals surface area contributed by atoms with E-state index >= 15 is 0 Å². The smallest absolute Gasteiger partial charge is 0.332 e. The van der Waals surface area contributed by atoms with Crippen LogP contribution in [0.3, 0.4) is 0 Å². The van der Waals surface area contributed by atoms with Crippen molar-refractivity contribution in [2.75, 3.05) is 13.7 Å². The van der Waals surface area contributed by atoms with Crippen LogP contribution >= 0.6 is 0 Å². The standard InChI is InChI=1S/C20H30N2O4/c1-20(11-7-4-8-12-20)22-17(16(14-23)26-2)18(24)21(19(22)25)13-15-9-5-3-6-10-15/h14-15H,3-13H2,1-2H3. The minimum atomic E-state index is -0.436. The Kier molecular flexibility index (Phi) is 5.68. The number of hydrogen-bond donors (Lipinski definition) is 0. The van der Waals surface area contributed by atoms with E-state index < -0.39 is 5.54 Å². The summed E-state index contributed by atoms with van der Waals surface area (Å²) in [6, 6.07) is -0.281. The molecule has 2 aliphatic carbocycles. The molecule has 0 radical (unpaired) electrons. The highest BCUT2D eigenvalue weighted by Crippen LogP contribution is 2.41. The van der Waals surface area contributed by atoms with Gasteiger partial charge in [0.2, 0.25) is 0 Å². The minimum absolute atomic E-state index is 0.0405. The van der Waals surface area contributed by atoms with Gasteiger partial charge in [-0.3, -0.25) is 19.4 Å². The van der Waals surface area contributed by atoms with Crippen LogP contribution < -0.4 is 0 Å². The Morgan fingerprint density at radius 1 is 1.12 bits per heavy atom. The molecule has 0 aromatic heterocycles. The molecule has 6 heteroatoms. The second-order valence-corrected chi connectivity index (χ2v) is 8.13. The summed E-state index contributed by atoms with van der Waals surface area (Å²) in [6.07, 6.45) is 11.0. The average Bonchev–Trinajstić information content (AvgIpc) is 2.90. The topological polar surface area (TPSA) is 66.9 Å². The Morgan fingerprint density at radius 2 is 1.73 bits per heavy atom. The lowest BCUT2D eigenvalue weighted by atomic mass is 9.82. The van der Waals surface area contributed by atoms with Crippen LogP contribution in [0.25, 0.3) is 0 Å². The number of allylic oxidation sites excluding steroid dienone is 1. The number of amides is 3. The molecule has 0 aromatic carbocycles. The molecule has 0 unspecified atom stereocenters. The first-order valence-electron chi connectivity index (χ1n) is 9.91. The number of methoxy groups -OCH3 is 1. The van der Waals surface area contributed by atoms with Gasteiger partial charge in [0.1, 0.15) is 0 Å². The Bertz CT molecular complexity index is 601. The fourth-order valence-electron chi connectivity index (χ4n) is 4.77. The maximum absolute atomic E-state index is 13.3. The summed E-state index contributed by atoms with van der Waals surface area (Å²) in [6.45, 7) is 2.48. The predicted molar refractivity (Wildman–Crippen MR) is 97.1 cm³/mol. The number of urea groups is 1. The summed E-state index contributed by atoms with van der Waals surface area (Å²) >= 11 is 0. The molecule has 6 nitrogen and oxygen atoms in total. The lowest BCUT2D eigenvalue weighted by Crippen LogP contribution is -2.49. The third kappa shape index (κ3) is 3.38. The lowest BCUT2D eigenvalue weighted by Gasteiger charge is -2.41. The maximum atomic E-state index is 13.3. The van der Waals surface area contributed by atoms with E-state index in [0.29, 0.717) is 18.7 Å². The van der Waals surface area contributed by atoms with Gasteiger partial charge in [0.25, 0.3) is 5.91 Å². The normalized spacial score (nSPS) is 26.2. The largest absolute Gasteiger partial charge is 0.491 e. The van der Waals surface area contributed by atoms with Crippen molar-refractivity contribution in [2.45, 2.75) is 76.7 Å². The van der Waals surface area contributed by atoms with Gasteiger partial charge in [0, 0.05) is 12.1 Å². The van der Waals surface area contributed by atoms with E-state index in [-0.39, 0.29) is 23.4 Å². The number of rotatable bonds is 5. The highest BCUT2D eigenvalue weighted by atomic mass is 16.5. The van der Waals surface area contributed by atoms with Crippen LogP contribution in [-0.2, 0) is 14.3 Å². The van der Waals surface area contributed by atoms with Crippen LogP contribution in [-0.4, -0.2) is 47.2 Å². The zero-order valence-corrected chi connectivity index (χ0v) is 16.0. The van der Waals surface area contributed by atoms with Crippen LogP contribution in [0.2, 0.25) is 0 Å². The number of nitrogens with zero attached hydrogens (tertiary/aromatic N) is 2. The first kappa shape index (κ1) is 18.9. The molecule has 2 saturated carbocycles. The van der Waals surface area contributed by atoms with E-state index in [1.54, 1.807) is 4.90 Å². The summed E-state index contributed by atoms with van der Waals surface area (Å²) in [5, 5.41) is 0. The summed E-state index contributed by atoms with van der Waals surface area (Å²) in [5.41, 5.74) is -0.304. The monoisotopic (exact) mass is 362 g/mol. The SMILES string of the molecule is COC(C=O)=C1C(=O)N(CC2CCCCC2)C(=O)N1C1(C)CCCCC1. The molecule has 3 amide bonds. The molecule has 3 rings (SSSR count).